The highest BCUT2D eigenvalue weighted by molar-refractivity contribution is 6.35. The van der Waals surface area contributed by atoms with E-state index < -0.39 is 12.1 Å². The van der Waals surface area contributed by atoms with Gasteiger partial charge in [0, 0.05) is 73.3 Å². The highest BCUT2D eigenvalue weighted by atomic mass is 35.5. The van der Waals surface area contributed by atoms with Crippen LogP contribution in [0.4, 0.5) is 16.2 Å². The Morgan fingerprint density at radius 3 is 2.19 bits per heavy atom. The molecule has 0 aliphatic carbocycles. The quantitative estimate of drug-likeness (QED) is 0.283. The van der Waals surface area contributed by atoms with Gasteiger partial charge in [-0.3, -0.25) is 14.4 Å². The first kappa shape index (κ1) is 35.8. The molecule has 2 aromatic carbocycles. The fourth-order valence-corrected chi connectivity index (χ4v) is 7.73. The standard InChI is InChI=1S/C35H47Cl2N7O4/c1-38-31-8-4-3-7-25(31)23-44(24-45)30-9-15-42(16-10-30)33(46)22-32(40-35(48)39-28-20-26(36)19-27(37)21-28)34(47)43-17-11-29(12-18-43)41-13-5-2-6-14-41/h3-4,7-8,19-21,24,29-30,32,38H,2,5-6,9-18,22-23H2,1H3,(H2,39,40,48)/t32-/m0/s1. The number of carbonyl (C=O) groups excluding carboxylic acids is 4. The summed E-state index contributed by atoms with van der Waals surface area (Å²) >= 11 is 12.2. The van der Waals surface area contributed by atoms with Gasteiger partial charge >= 0.3 is 6.03 Å². The summed E-state index contributed by atoms with van der Waals surface area (Å²) in [6, 6.07) is 11.3. The largest absolute Gasteiger partial charge is 0.388 e. The maximum Gasteiger partial charge on any atom is 0.319 e. The molecule has 260 valence electrons. The Kier molecular flexibility index (Phi) is 12.8. The molecule has 0 bridgehead atoms. The Morgan fingerprint density at radius 1 is 0.896 bits per heavy atom. The molecule has 13 heteroatoms. The van der Waals surface area contributed by atoms with E-state index >= 15 is 0 Å². The van der Waals surface area contributed by atoms with E-state index in [1.165, 1.54) is 19.3 Å². The number of urea groups is 1. The molecule has 3 heterocycles. The molecule has 5 amide bonds. The van der Waals surface area contributed by atoms with Crippen LogP contribution in [0.15, 0.2) is 42.5 Å². The number of para-hydroxylation sites is 1. The molecule has 11 nitrogen and oxygen atoms in total. The molecular formula is C35H47Cl2N7O4. The minimum atomic E-state index is -1.04. The van der Waals surface area contributed by atoms with Crippen molar-refractivity contribution >= 4 is 58.8 Å². The molecule has 3 aliphatic rings. The van der Waals surface area contributed by atoms with Gasteiger partial charge in [-0.05, 0) is 81.4 Å². The van der Waals surface area contributed by atoms with Crippen LogP contribution in [0.2, 0.25) is 10.0 Å². The first-order valence-corrected chi connectivity index (χ1v) is 17.8. The number of amides is 5. The summed E-state index contributed by atoms with van der Waals surface area (Å²) in [7, 11) is 1.86. The fourth-order valence-electron chi connectivity index (χ4n) is 7.21. The van der Waals surface area contributed by atoms with Crippen molar-refractivity contribution in [2.24, 2.45) is 0 Å². The third kappa shape index (κ3) is 9.54. The van der Waals surface area contributed by atoms with Crippen LogP contribution >= 0.6 is 23.2 Å². The SMILES string of the molecule is CNc1ccccc1CN(C=O)C1CCN(C(=O)C[C@H](NC(=O)Nc2cc(Cl)cc(Cl)c2)C(=O)N2CCC(N3CCCCC3)CC2)CC1. The summed E-state index contributed by atoms with van der Waals surface area (Å²) in [5.74, 6) is -0.468. The second kappa shape index (κ2) is 17.2. The summed E-state index contributed by atoms with van der Waals surface area (Å²) < 4.78 is 0. The number of piperidine rings is 3. The van der Waals surface area contributed by atoms with Crippen LogP contribution < -0.4 is 16.0 Å². The minimum Gasteiger partial charge on any atom is -0.388 e. The second-order valence-electron chi connectivity index (χ2n) is 13.0. The molecule has 0 radical (unpaired) electrons. The molecule has 0 aromatic heterocycles. The lowest BCUT2D eigenvalue weighted by molar-refractivity contribution is -0.141. The number of carbonyl (C=O) groups is 4. The molecule has 3 aliphatic heterocycles. The second-order valence-corrected chi connectivity index (χ2v) is 13.8. The summed E-state index contributed by atoms with van der Waals surface area (Å²) in [5, 5.41) is 9.37. The Labute approximate surface area is 293 Å². The number of likely N-dealkylation sites (tertiary alicyclic amines) is 3. The van der Waals surface area contributed by atoms with Crippen molar-refractivity contribution in [1.82, 2.24) is 24.9 Å². The van der Waals surface area contributed by atoms with Crippen LogP contribution in [0.25, 0.3) is 0 Å². The summed E-state index contributed by atoms with van der Waals surface area (Å²) in [4.78, 5) is 60.7. The lowest BCUT2D eigenvalue weighted by Crippen LogP contribution is -2.55. The van der Waals surface area contributed by atoms with Crippen molar-refractivity contribution < 1.29 is 19.2 Å². The van der Waals surface area contributed by atoms with Crippen LogP contribution in [0.5, 0.6) is 0 Å². The van der Waals surface area contributed by atoms with Gasteiger partial charge in [-0.15, -0.1) is 0 Å². The first-order chi connectivity index (χ1) is 23.2. The van der Waals surface area contributed by atoms with E-state index in [4.69, 9.17) is 23.2 Å². The number of nitrogens with one attached hydrogen (secondary N) is 3. The maximum absolute atomic E-state index is 13.9. The minimum absolute atomic E-state index is 0.0106. The van der Waals surface area contributed by atoms with Gasteiger partial charge < -0.3 is 35.6 Å². The molecule has 48 heavy (non-hydrogen) atoms. The van der Waals surface area contributed by atoms with E-state index in [0.29, 0.717) is 67.3 Å². The van der Waals surface area contributed by atoms with Gasteiger partial charge in [0.15, 0.2) is 0 Å². The van der Waals surface area contributed by atoms with Gasteiger partial charge in [0.05, 0.1) is 6.42 Å². The summed E-state index contributed by atoms with van der Waals surface area (Å²) in [6.07, 6.45) is 7.43. The van der Waals surface area contributed by atoms with Crippen LogP contribution in [-0.4, -0.2) is 108 Å². The average molecular weight is 701 g/mol. The molecule has 5 rings (SSSR count). The van der Waals surface area contributed by atoms with Gasteiger partial charge in [0.25, 0.3) is 0 Å². The molecule has 0 spiro atoms. The van der Waals surface area contributed by atoms with Gasteiger partial charge in [0.2, 0.25) is 18.2 Å². The number of hydrogen-bond acceptors (Lipinski definition) is 6. The number of nitrogens with zero attached hydrogens (tertiary/aromatic N) is 4. The Balaban J connectivity index is 1.20. The molecule has 0 unspecified atom stereocenters. The van der Waals surface area contributed by atoms with Crippen LogP contribution in [0, 0.1) is 0 Å². The van der Waals surface area contributed by atoms with E-state index in [9.17, 15) is 19.2 Å². The van der Waals surface area contributed by atoms with E-state index in [1.807, 2.05) is 31.3 Å². The zero-order valence-electron chi connectivity index (χ0n) is 27.6. The molecule has 3 N–H and O–H groups in total. The fraction of sp³-hybridized carbons (Fsp3) is 0.543. The van der Waals surface area contributed by atoms with Crippen molar-refractivity contribution in [3.05, 3.63) is 58.1 Å². The van der Waals surface area contributed by atoms with Gasteiger partial charge in [-0.25, -0.2) is 4.79 Å². The summed E-state index contributed by atoms with van der Waals surface area (Å²) in [6.45, 7) is 4.77. The molecule has 0 saturated carbocycles. The van der Waals surface area contributed by atoms with E-state index in [0.717, 1.165) is 43.6 Å². The molecule has 2 aromatic rings. The topological polar surface area (TPSA) is 117 Å². The average Bonchev–Trinajstić information content (AvgIpc) is 3.10. The first-order valence-electron chi connectivity index (χ1n) is 17.0. The van der Waals surface area contributed by atoms with Gasteiger partial charge in [-0.1, -0.05) is 47.8 Å². The number of benzene rings is 2. The monoisotopic (exact) mass is 699 g/mol. The van der Waals surface area contributed by atoms with Crippen molar-refractivity contribution in [2.75, 3.05) is 56.9 Å². The van der Waals surface area contributed by atoms with Crippen molar-refractivity contribution in [1.29, 1.82) is 0 Å². The normalized spacial score (nSPS) is 18.6. The number of halogens is 2. The van der Waals surface area contributed by atoms with Crippen LogP contribution in [0.3, 0.4) is 0 Å². The Bertz CT molecular complexity index is 1400. The van der Waals surface area contributed by atoms with Crippen molar-refractivity contribution in [2.45, 2.75) is 76.0 Å². The van der Waals surface area contributed by atoms with Crippen LogP contribution in [0.1, 0.15) is 56.9 Å². The lowest BCUT2D eigenvalue weighted by Gasteiger charge is -2.41. The molecular weight excluding hydrogens is 653 g/mol. The highest BCUT2D eigenvalue weighted by Crippen LogP contribution is 2.25. The zero-order valence-corrected chi connectivity index (χ0v) is 29.1. The summed E-state index contributed by atoms with van der Waals surface area (Å²) in [5.41, 5.74) is 2.37. The lowest BCUT2D eigenvalue weighted by atomic mass is 9.98. The van der Waals surface area contributed by atoms with E-state index in [2.05, 4.69) is 20.9 Å². The van der Waals surface area contributed by atoms with Crippen LogP contribution in [-0.2, 0) is 20.9 Å². The molecule has 3 saturated heterocycles. The third-order valence-corrected chi connectivity index (χ3v) is 10.3. The van der Waals surface area contributed by atoms with E-state index in [1.54, 1.807) is 32.9 Å². The predicted octanol–water partition coefficient (Wildman–Crippen LogP) is 5.04. The zero-order chi connectivity index (χ0) is 34.0. The number of rotatable bonds is 11. The maximum atomic E-state index is 13.9. The van der Waals surface area contributed by atoms with E-state index in [-0.39, 0.29) is 24.3 Å². The van der Waals surface area contributed by atoms with Crippen molar-refractivity contribution in [3.8, 4) is 0 Å². The van der Waals surface area contributed by atoms with Gasteiger partial charge in [0.1, 0.15) is 6.04 Å². The van der Waals surface area contributed by atoms with Gasteiger partial charge in [-0.2, -0.15) is 0 Å². The number of hydrogen-bond donors (Lipinski definition) is 3. The smallest absolute Gasteiger partial charge is 0.319 e. The Hall–Kier alpha value is -3.54. The molecule has 1 atom stereocenters. The Morgan fingerprint density at radius 2 is 1.54 bits per heavy atom. The van der Waals surface area contributed by atoms with Crippen molar-refractivity contribution in [3.63, 3.8) is 0 Å². The third-order valence-electron chi connectivity index (χ3n) is 9.85. The number of anilines is 2. The highest BCUT2D eigenvalue weighted by Gasteiger charge is 2.35. The predicted molar refractivity (Wildman–Crippen MR) is 189 cm³/mol. The molecule has 3 fully saturated rings.